The normalized spacial score (nSPS) is 38.4. The standard InChI is InChI=1S/C13H22N2O3/c1-8-5-10(8)14-12(17)15-6-9(2)13(3,7-15)11(16)18-4/h8-10H,5-7H2,1-4H3,(H,14,17)/t8?,9-,10?,13-/m1/s1. The quantitative estimate of drug-likeness (QED) is 0.754. The van der Waals surface area contributed by atoms with Crippen LogP contribution in [0.15, 0.2) is 0 Å². The van der Waals surface area contributed by atoms with Gasteiger partial charge in [0, 0.05) is 19.1 Å². The molecule has 1 heterocycles. The molecule has 0 aromatic carbocycles. The van der Waals surface area contributed by atoms with Crippen molar-refractivity contribution in [2.24, 2.45) is 17.3 Å². The Kier molecular flexibility index (Phi) is 3.25. The average Bonchev–Trinajstić information content (AvgIpc) is 2.91. The van der Waals surface area contributed by atoms with E-state index in [4.69, 9.17) is 4.74 Å². The number of urea groups is 1. The van der Waals surface area contributed by atoms with Crippen LogP contribution < -0.4 is 5.32 Å². The van der Waals surface area contributed by atoms with Gasteiger partial charge in [0.1, 0.15) is 0 Å². The topological polar surface area (TPSA) is 58.6 Å². The molecule has 4 atom stereocenters. The zero-order valence-electron chi connectivity index (χ0n) is 11.5. The molecule has 1 saturated heterocycles. The van der Waals surface area contributed by atoms with Crippen molar-refractivity contribution >= 4 is 12.0 Å². The Hall–Kier alpha value is -1.26. The van der Waals surface area contributed by atoms with E-state index in [1.54, 1.807) is 4.90 Å². The highest BCUT2D eigenvalue weighted by atomic mass is 16.5. The number of nitrogens with one attached hydrogen (secondary N) is 1. The molecule has 2 aliphatic rings. The molecule has 5 nitrogen and oxygen atoms in total. The summed E-state index contributed by atoms with van der Waals surface area (Å²) in [5.74, 6) is 0.471. The van der Waals surface area contributed by atoms with E-state index in [9.17, 15) is 9.59 Å². The Morgan fingerprint density at radius 3 is 2.50 bits per heavy atom. The van der Waals surface area contributed by atoms with E-state index in [2.05, 4.69) is 12.2 Å². The van der Waals surface area contributed by atoms with Crippen LogP contribution in [0.25, 0.3) is 0 Å². The Bertz CT molecular complexity index is 371. The predicted octanol–water partition coefficient (Wildman–Crippen LogP) is 1.24. The van der Waals surface area contributed by atoms with Crippen molar-refractivity contribution in [1.82, 2.24) is 10.2 Å². The molecule has 0 aromatic rings. The third-order valence-corrected chi connectivity index (χ3v) is 4.46. The molecule has 5 heteroatoms. The van der Waals surface area contributed by atoms with Gasteiger partial charge in [0.05, 0.1) is 12.5 Å². The van der Waals surface area contributed by atoms with Gasteiger partial charge in [0.25, 0.3) is 0 Å². The highest BCUT2D eigenvalue weighted by Gasteiger charge is 2.49. The first-order chi connectivity index (χ1) is 8.38. The van der Waals surface area contributed by atoms with Gasteiger partial charge in [-0.1, -0.05) is 13.8 Å². The largest absolute Gasteiger partial charge is 0.469 e. The minimum atomic E-state index is -0.582. The summed E-state index contributed by atoms with van der Waals surface area (Å²) in [6.07, 6.45) is 1.06. The molecule has 0 radical (unpaired) electrons. The Morgan fingerprint density at radius 2 is 2.00 bits per heavy atom. The van der Waals surface area contributed by atoms with Gasteiger partial charge in [0.2, 0.25) is 0 Å². The SMILES string of the molecule is COC(=O)[C@]1(C)CN(C(=O)NC2CC2C)C[C@H]1C. The van der Waals surface area contributed by atoms with Gasteiger partial charge in [-0.25, -0.2) is 4.79 Å². The Balaban J connectivity index is 1.97. The molecule has 18 heavy (non-hydrogen) atoms. The summed E-state index contributed by atoms with van der Waals surface area (Å²) in [7, 11) is 1.40. The highest BCUT2D eigenvalue weighted by molar-refractivity contribution is 5.81. The molecule has 0 spiro atoms. The molecule has 0 bridgehead atoms. The van der Waals surface area contributed by atoms with Gasteiger partial charge < -0.3 is 15.0 Å². The van der Waals surface area contributed by atoms with E-state index in [-0.39, 0.29) is 17.9 Å². The maximum absolute atomic E-state index is 12.0. The van der Waals surface area contributed by atoms with E-state index in [1.165, 1.54) is 7.11 Å². The monoisotopic (exact) mass is 254 g/mol. The summed E-state index contributed by atoms with van der Waals surface area (Å²) in [4.78, 5) is 25.6. The van der Waals surface area contributed by atoms with Crippen LogP contribution in [-0.4, -0.2) is 43.1 Å². The molecular formula is C13H22N2O3. The van der Waals surface area contributed by atoms with Gasteiger partial charge in [-0.15, -0.1) is 0 Å². The summed E-state index contributed by atoms with van der Waals surface area (Å²) >= 11 is 0. The maximum Gasteiger partial charge on any atom is 0.317 e. The van der Waals surface area contributed by atoms with Crippen molar-refractivity contribution in [3.05, 3.63) is 0 Å². The second-order valence-corrected chi connectivity index (χ2v) is 5.96. The molecule has 1 aliphatic carbocycles. The van der Waals surface area contributed by atoms with E-state index >= 15 is 0 Å². The third-order valence-electron chi connectivity index (χ3n) is 4.46. The zero-order valence-corrected chi connectivity index (χ0v) is 11.5. The minimum Gasteiger partial charge on any atom is -0.469 e. The molecule has 2 rings (SSSR count). The lowest BCUT2D eigenvalue weighted by molar-refractivity contribution is -0.152. The number of nitrogens with zero attached hydrogens (tertiary/aromatic N) is 1. The molecule has 2 unspecified atom stereocenters. The smallest absolute Gasteiger partial charge is 0.317 e. The number of hydrogen-bond donors (Lipinski definition) is 1. The van der Waals surface area contributed by atoms with Crippen LogP contribution in [0, 0.1) is 17.3 Å². The van der Waals surface area contributed by atoms with Crippen molar-refractivity contribution in [1.29, 1.82) is 0 Å². The lowest BCUT2D eigenvalue weighted by Crippen LogP contribution is -2.42. The Labute approximate surface area is 108 Å². The lowest BCUT2D eigenvalue weighted by atomic mass is 9.81. The molecule has 1 saturated carbocycles. The summed E-state index contributed by atoms with van der Waals surface area (Å²) < 4.78 is 4.85. The number of carbonyl (C=O) groups is 2. The molecule has 2 fully saturated rings. The minimum absolute atomic E-state index is 0.0520. The van der Waals surface area contributed by atoms with Crippen LogP contribution in [0.5, 0.6) is 0 Å². The molecule has 1 N–H and O–H groups in total. The number of ether oxygens (including phenoxy) is 1. The van der Waals surface area contributed by atoms with Crippen molar-refractivity contribution < 1.29 is 14.3 Å². The van der Waals surface area contributed by atoms with Crippen LogP contribution in [0.3, 0.4) is 0 Å². The first-order valence-electron chi connectivity index (χ1n) is 6.52. The summed E-state index contributed by atoms with van der Waals surface area (Å²) in [6.45, 7) is 7.03. The number of esters is 1. The second kappa shape index (κ2) is 4.44. The van der Waals surface area contributed by atoms with E-state index in [1.807, 2.05) is 13.8 Å². The lowest BCUT2D eigenvalue weighted by Gasteiger charge is -2.24. The molecular weight excluding hydrogens is 232 g/mol. The summed E-state index contributed by atoms with van der Waals surface area (Å²) in [5.41, 5.74) is -0.582. The van der Waals surface area contributed by atoms with Crippen molar-refractivity contribution in [2.45, 2.75) is 33.2 Å². The second-order valence-electron chi connectivity index (χ2n) is 5.96. The third kappa shape index (κ3) is 2.18. The van der Waals surface area contributed by atoms with Gasteiger partial charge in [-0.3, -0.25) is 4.79 Å². The number of rotatable bonds is 2. The number of methoxy groups -OCH3 is 1. The van der Waals surface area contributed by atoms with Gasteiger partial charge in [0.15, 0.2) is 0 Å². The van der Waals surface area contributed by atoms with Crippen LogP contribution in [0.2, 0.25) is 0 Å². The van der Waals surface area contributed by atoms with Crippen LogP contribution in [-0.2, 0) is 9.53 Å². The Morgan fingerprint density at radius 1 is 1.39 bits per heavy atom. The van der Waals surface area contributed by atoms with Gasteiger partial charge in [-0.2, -0.15) is 0 Å². The molecule has 0 aromatic heterocycles. The van der Waals surface area contributed by atoms with Crippen LogP contribution >= 0.6 is 0 Å². The van der Waals surface area contributed by atoms with Crippen molar-refractivity contribution in [3.63, 3.8) is 0 Å². The van der Waals surface area contributed by atoms with E-state index < -0.39 is 5.41 Å². The fraction of sp³-hybridized carbons (Fsp3) is 0.846. The fourth-order valence-electron chi connectivity index (χ4n) is 2.58. The number of amides is 2. The summed E-state index contributed by atoms with van der Waals surface area (Å²) in [5, 5.41) is 3.00. The number of likely N-dealkylation sites (tertiary alicyclic amines) is 1. The average molecular weight is 254 g/mol. The first-order valence-corrected chi connectivity index (χ1v) is 6.52. The summed E-state index contributed by atoms with van der Waals surface area (Å²) in [6, 6.07) is 0.265. The highest BCUT2D eigenvalue weighted by Crippen LogP contribution is 2.37. The first kappa shape index (κ1) is 13.2. The molecule has 2 amide bonds. The maximum atomic E-state index is 12.0. The van der Waals surface area contributed by atoms with Crippen molar-refractivity contribution in [3.8, 4) is 0 Å². The van der Waals surface area contributed by atoms with E-state index in [0.29, 0.717) is 25.0 Å². The van der Waals surface area contributed by atoms with Gasteiger partial charge >= 0.3 is 12.0 Å². The van der Waals surface area contributed by atoms with Crippen LogP contribution in [0.4, 0.5) is 4.79 Å². The fourth-order valence-corrected chi connectivity index (χ4v) is 2.58. The van der Waals surface area contributed by atoms with Crippen molar-refractivity contribution in [2.75, 3.05) is 20.2 Å². The van der Waals surface area contributed by atoms with E-state index in [0.717, 1.165) is 6.42 Å². The zero-order chi connectivity index (χ0) is 13.5. The van der Waals surface area contributed by atoms with Crippen LogP contribution in [0.1, 0.15) is 27.2 Å². The predicted molar refractivity (Wildman–Crippen MR) is 67.0 cm³/mol. The number of carbonyl (C=O) groups excluding carboxylic acids is 2. The molecule has 102 valence electrons. The molecule has 1 aliphatic heterocycles. The number of hydrogen-bond acceptors (Lipinski definition) is 3. The van der Waals surface area contributed by atoms with Gasteiger partial charge in [-0.05, 0) is 25.2 Å².